The SMILES string of the molecule is O=C(O)C1(c2ccc(CN3CCCCC3)c(F)c2)CCCC1. The van der Waals surface area contributed by atoms with Crippen molar-refractivity contribution in [1.82, 2.24) is 4.90 Å². The summed E-state index contributed by atoms with van der Waals surface area (Å²) in [6.45, 7) is 2.69. The van der Waals surface area contributed by atoms with Crippen LogP contribution in [0.5, 0.6) is 0 Å². The van der Waals surface area contributed by atoms with Gasteiger partial charge in [0.1, 0.15) is 5.82 Å². The number of carbonyl (C=O) groups is 1. The lowest BCUT2D eigenvalue weighted by atomic mass is 9.78. The summed E-state index contributed by atoms with van der Waals surface area (Å²) in [5.74, 6) is -1.07. The van der Waals surface area contributed by atoms with Gasteiger partial charge in [0.2, 0.25) is 0 Å². The van der Waals surface area contributed by atoms with Crippen molar-refractivity contribution in [3.05, 3.63) is 35.1 Å². The highest BCUT2D eigenvalue weighted by molar-refractivity contribution is 5.81. The Labute approximate surface area is 131 Å². The fourth-order valence-electron chi connectivity index (χ4n) is 3.94. The number of carboxylic acids is 1. The molecule has 1 saturated heterocycles. The van der Waals surface area contributed by atoms with Gasteiger partial charge in [-0.15, -0.1) is 0 Å². The molecular formula is C18H24FNO2. The van der Waals surface area contributed by atoms with Crippen LogP contribution in [-0.2, 0) is 16.8 Å². The lowest BCUT2D eigenvalue weighted by Gasteiger charge is -2.28. The van der Waals surface area contributed by atoms with Crippen molar-refractivity contribution in [2.45, 2.75) is 56.9 Å². The van der Waals surface area contributed by atoms with Crippen LogP contribution >= 0.6 is 0 Å². The van der Waals surface area contributed by atoms with Gasteiger partial charge in [0.15, 0.2) is 0 Å². The Morgan fingerprint density at radius 2 is 1.82 bits per heavy atom. The van der Waals surface area contributed by atoms with Crippen LogP contribution in [0.4, 0.5) is 4.39 Å². The number of aliphatic carboxylic acids is 1. The van der Waals surface area contributed by atoms with E-state index >= 15 is 0 Å². The molecule has 1 aliphatic heterocycles. The van der Waals surface area contributed by atoms with Crippen LogP contribution in [0.1, 0.15) is 56.1 Å². The molecule has 1 aromatic rings. The molecular weight excluding hydrogens is 281 g/mol. The molecule has 0 atom stereocenters. The average Bonchev–Trinajstić information content (AvgIpc) is 3.01. The Kier molecular flexibility index (Phi) is 4.48. The molecule has 0 unspecified atom stereocenters. The summed E-state index contributed by atoms with van der Waals surface area (Å²) in [6, 6.07) is 5.10. The summed E-state index contributed by atoms with van der Waals surface area (Å²) in [7, 11) is 0. The third-order valence-electron chi connectivity index (χ3n) is 5.31. The number of hydrogen-bond acceptors (Lipinski definition) is 2. The first-order chi connectivity index (χ1) is 10.6. The van der Waals surface area contributed by atoms with E-state index in [1.807, 2.05) is 6.07 Å². The number of rotatable bonds is 4. The number of piperidine rings is 1. The molecule has 2 aliphatic rings. The molecule has 3 rings (SSSR count). The van der Waals surface area contributed by atoms with Gasteiger partial charge < -0.3 is 5.11 Å². The number of likely N-dealkylation sites (tertiary alicyclic amines) is 1. The first-order valence-electron chi connectivity index (χ1n) is 8.36. The predicted molar refractivity (Wildman–Crippen MR) is 83.3 cm³/mol. The third-order valence-corrected chi connectivity index (χ3v) is 5.31. The molecule has 120 valence electrons. The molecule has 1 N–H and O–H groups in total. The van der Waals surface area contributed by atoms with E-state index in [1.165, 1.54) is 25.3 Å². The number of carboxylic acid groups (broad SMARTS) is 1. The van der Waals surface area contributed by atoms with Crippen LogP contribution in [0.25, 0.3) is 0 Å². The van der Waals surface area contributed by atoms with E-state index in [9.17, 15) is 14.3 Å². The topological polar surface area (TPSA) is 40.5 Å². The molecule has 1 aliphatic carbocycles. The monoisotopic (exact) mass is 305 g/mol. The Bertz CT molecular complexity index is 546. The highest BCUT2D eigenvalue weighted by atomic mass is 19.1. The van der Waals surface area contributed by atoms with E-state index in [1.54, 1.807) is 6.07 Å². The maximum atomic E-state index is 14.5. The minimum atomic E-state index is -0.871. The summed E-state index contributed by atoms with van der Waals surface area (Å²) >= 11 is 0. The van der Waals surface area contributed by atoms with Crippen LogP contribution in [0.3, 0.4) is 0 Å². The zero-order valence-electron chi connectivity index (χ0n) is 13.0. The van der Waals surface area contributed by atoms with Gasteiger partial charge >= 0.3 is 5.97 Å². The normalized spacial score (nSPS) is 21.9. The zero-order chi connectivity index (χ0) is 15.6. The molecule has 1 saturated carbocycles. The standard InChI is InChI=1S/C18H24FNO2/c19-16-12-15(18(17(21)22)8-2-3-9-18)7-6-14(16)13-20-10-4-1-5-11-20/h6-7,12H,1-5,8-11,13H2,(H,21,22). The zero-order valence-corrected chi connectivity index (χ0v) is 13.0. The van der Waals surface area contributed by atoms with Gasteiger partial charge in [-0.3, -0.25) is 9.69 Å². The molecule has 0 spiro atoms. The van der Waals surface area contributed by atoms with Gasteiger partial charge in [-0.1, -0.05) is 31.4 Å². The van der Waals surface area contributed by atoms with E-state index < -0.39 is 11.4 Å². The summed E-state index contributed by atoms with van der Waals surface area (Å²) in [4.78, 5) is 14.0. The summed E-state index contributed by atoms with van der Waals surface area (Å²) < 4.78 is 14.5. The number of nitrogens with zero attached hydrogens (tertiary/aromatic N) is 1. The van der Waals surface area contributed by atoms with Crippen molar-refractivity contribution in [1.29, 1.82) is 0 Å². The largest absolute Gasteiger partial charge is 0.481 e. The lowest BCUT2D eigenvalue weighted by Crippen LogP contribution is -2.33. The minimum absolute atomic E-state index is 0.254. The summed E-state index contributed by atoms with van der Waals surface area (Å²) in [6.07, 6.45) is 6.68. The second-order valence-corrected chi connectivity index (χ2v) is 6.74. The van der Waals surface area contributed by atoms with E-state index in [0.29, 0.717) is 30.5 Å². The number of halogens is 1. The van der Waals surface area contributed by atoms with Crippen molar-refractivity contribution < 1.29 is 14.3 Å². The van der Waals surface area contributed by atoms with Gasteiger partial charge in [-0.05, 0) is 50.4 Å². The predicted octanol–water partition coefficient (Wildman–Crippen LogP) is 3.71. The lowest BCUT2D eigenvalue weighted by molar-refractivity contribution is -0.143. The Balaban J connectivity index is 1.80. The maximum absolute atomic E-state index is 14.5. The molecule has 0 aromatic heterocycles. The van der Waals surface area contributed by atoms with Crippen LogP contribution < -0.4 is 0 Å². The molecule has 0 radical (unpaired) electrons. The maximum Gasteiger partial charge on any atom is 0.314 e. The summed E-state index contributed by atoms with van der Waals surface area (Å²) in [5.41, 5.74) is 0.450. The highest BCUT2D eigenvalue weighted by Gasteiger charge is 2.43. The van der Waals surface area contributed by atoms with Crippen molar-refractivity contribution in [2.24, 2.45) is 0 Å². The van der Waals surface area contributed by atoms with E-state index in [-0.39, 0.29) is 5.82 Å². The quantitative estimate of drug-likeness (QED) is 0.922. The van der Waals surface area contributed by atoms with Gasteiger partial charge in [0.25, 0.3) is 0 Å². The van der Waals surface area contributed by atoms with Gasteiger partial charge in [-0.2, -0.15) is 0 Å². The molecule has 2 fully saturated rings. The second-order valence-electron chi connectivity index (χ2n) is 6.74. The Morgan fingerprint density at radius 3 is 2.41 bits per heavy atom. The number of benzene rings is 1. The second kappa shape index (κ2) is 6.37. The van der Waals surface area contributed by atoms with Crippen LogP contribution in [-0.4, -0.2) is 29.1 Å². The van der Waals surface area contributed by atoms with Gasteiger partial charge in [0.05, 0.1) is 5.41 Å². The average molecular weight is 305 g/mol. The van der Waals surface area contributed by atoms with E-state index in [2.05, 4.69) is 4.90 Å². The number of hydrogen-bond donors (Lipinski definition) is 1. The van der Waals surface area contributed by atoms with Crippen molar-refractivity contribution in [3.63, 3.8) is 0 Å². The van der Waals surface area contributed by atoms with Crippen molar-refractivity contribution in [2.75, 3.05) is 13.1 Å². The van der Waals surface area contributed by atoms with E-state index in [0.717, 1.165) is 25.9 Å². The molecule has 0 bridgehead atoms. The first-order valence-corrected chi connectivity index (χ1v) is 8.36. The molecule has 1 aromatic carbocycles. The smallest absolute Gasteiger partial charge is 0.314 e. The fraction of sp³-hybridized carbons (Fsp3) is 0.611. The Morgan fingerprint density at radius 1 is 1.14 bits per heavy atom. The van der Waals surface area contributed by atoms with Crippen molar-refractivity contribution >= 4 is 5.97 Å². The first kappa shape index (κ1) is 15.5. The molecule has 1 heterocycles. The molecule has 3 nitrogen and oxygen atoms in total. The van der Waals surface area contributed by atoms with Gasteiger partial charge in [0, 0.05) is 12.1 Å². The molecule has 0 amide bonds. The minimum Gasteiger partial charge on any atom is -0.481 e. The van der Waals surface area contributed by atoms with Crippen LogP contribution in [0, 0.1) is 5.82 Å². The third kappa shape index (κ3) is 2.89. The highest BCUT2D eigenvalue weighted by Crippen LogP contribution is 2.41. The van der Waals surface area contributed by atoms with Crippen molar-refractivity contribution in [3.8, 4) is 0 Å². The van der Waals surface area contributed by atoms with E-state index in [4.69, 9.17) is 0 Å². The molecule has 4 heteroatoms. The van der Waals surface area contributed by atoms with Crippen LogP contribution in [0.15, 0.2) is 18.2 Å². The fourth-order valence-corrected chi connectivity index (χ4v) is 3.94. The Hall–Kier alpha value is -1.42. The summed E-state index contributed by atoms with van der Waals surface area (Å²) in [5, 5.41) is 9.61. The molecule has 22 heavy (non-hydrogen) atoms. The van der Waals surface area contributed by atoms with Crippen LogP contribution in [0.2, 0.25) is 0 Å². The van der Waals surface area contributed by atoms with Gasteiger partial charge in [-0.25, -0.2) is 4.39 Å².